The van der Waals surface area contributed by atoms with Crippen molar-refractivity contribution in [1.82, 2.24) is 5.32 Å². The van der Waals surface area contributed by atoms with Crippen molar-refractivity contribution in [2.75, 3.05) is 6.54 Å². The van der Waals surface area contributed by atoms with Crippen molar-refractivity contribution in [3.63, 3.8) is 0 Å². The number of benzene rings is 1. The molecule has 2 unspecified atom stereocenters. The van der Waals surface area contributed by atoms with Gasteiger partial charge in [0.05, 0.1) is 6.61 Å². The van der Waals surface area contributed by atoms with Crippen LogP contribution in [0.4, 0.5) is 0 Å². The Labute approximate surface area is 114 Å². The summed E-state index contributed by atoms with van der Waals surface area (Å²) < 4.78 is 0.734. The summed E-state index contributed by atoms with van der Waals surface area (Å²) >= 11 is 3.27. The third-order valence-electron chi connectivity index (χ3n) is 2.51. The first kappa shape index (κ1) is 15.1. The highest BCUT2D eigenvalue weighted by Crippen LogP contribution is 2.23. The highest BCUT2D eigenvalue weighted by molar-refractivity contribution is 9.10. The van der Waals surface area contributed by atoms with E-state index >= 15 is 0 Å². The van der Waals surface area contributed by atoms with E-state index in [-0.39, 0.29) is 19.1 Å². The van der Waals surface area contributed by atoms with E-state index in [0.717, 1.165) is 4.47 Å². The summed E-state index contributed by atoms with van der Waals surface area (Å²) in [6.45, 7) is 1.15. The maximum Gasteiger partial charge on any atom is 0.216 e. The number of carbonyl (C=O) groups excluding carboxylic acids is 1. The fourth-order valence-corrected chi connectivity index (χ4v) is 1.85. The number of carbonyl (C=O) groups is 1. The van der Waals surface area contributed by atoms with Crippen LogP contribution in [0.2, 0.25) is 0 Å². The lowest BCUT2D eigenvalue weighted by molar-refractivity contribution is -0.119. The monoisotopic (exact) mass is 317 g/mol. The molecule has 0 heterocycles. The van der Waals surface area contributed by atoms with Gasteiger partial charge in [-0.25, -0.2) is 0 Å². The van der Waals surface area contributed by atoms with Crippen LogP contribution in [0.25, 0.3) is 0 Å². The van der Waals surface area contributed by atoms with E-state index in [1.54, 1.807) is 18.2 Å². The molecule has 0 saturated heterocycles. The quantitative estimate of drug-likeness (QED) is 0.635. The van der Waals surface area contributed by atoms with Crippen molar-refractivity contribution >= 4 is 21.8 Å². The lowest BCUT2D eigenvalue weighted by atomic mass is 10.0. The third kappa shape index (κ3) is 4.06. The zero-order valence-electron chi connectivity index (χ0n) is 9.93. The first-order valence-electron chi connectivity index (χ1n) is 5.45. The second kappa shape index (κ2) is 6.84. The van der Waals surface area contributed by atoms with E-state index in [0.29, 0.717) is 11.1 Å². The Morgan fingerprint density at radius 2 is 2.11 bits per heavy atom. The summed E-state index contributed by atoms with van der Waals surface area (Å²) in [6.07, 6.45) is -2.21. The van der Waals surface area contributed by atoms with Gasteiger partial charge in [0.1, 0.15) is 12.2 Å². The molecule has 1 amide bonds. The fraction of sp³-hybridized carbons (Fsp3) is 0.417. The molecule has 6 heteroatoms. The van der Waals surface area contributed by atoms with Crippen molar-refractivity contribution in [2.45, 2.75) is 25.7 Å². The molecule has 0 aromatic heterocycles. The molecule has 0 aliphatic carbocycles. The number of aliphatic hydroxyl groups excluding tert-OH is 3. The molecular formula is C12H16BrNO4. The summed E-state index contributed by atoms with van der Waals surface area (Å²) in [4.78, 5) is 10.7. The van der Waals surface area contributed by atoms with Gasteiger partial charge >= 0.3 is 0 Å². The summed E-state index contributed by atoms with van der Waals surface area (Å²) in [5.74, 6) is -0.270. The van der Waals surface area contributed by atoms with Crippen LogP contribution >= 0.6 is 15.9 Å². The average molecular weight is 318 g/mol. The van der Waals surface area contributed by atoms with Gasteiger partial charge in [-0.3, -0.25) is 4.79 Å². The number of hydrogen-bond donors (Lipinski definition) is 4. The molecule has 1 rings (SSSR count). The highest BCUT2D eigenvalue weighted by atomic mass is 79.9. The van der Waals surface area contributed by atoms with Gasteiger partial charge in [0.25, 0.3) is 0 Å². The molecular weight excluding hydrogens is 302 g/mol. The molecule has 0 radical (unpaired) electrons. The molecule has 0 spiro atoms. The molecule has 1 aromatic carbocycles. The third-order valence-corrected chi connectivity index (χ3v) is 3.28. The number of aliphatic hydroxyl groups is 3. The number of hydrogen-bond acceptors (Lipinski definition) is 4. The number of nitrogens with one attached hydrogen (secondary N) is 1. The summed E-state index contributed by atoms with van der Waals surface area (Å²) in [5.41, 5.74) is 1.11. The van der Waals surface area contributed by atoms with Gasteiger partial charge in [-0.05, 0) is 23.3 Å². The first-order chi connectivity index (χ1) is 8.45. The van der Waals surface area contributed by atoms with Crippen LogP contribution in [-0.4, -0.2) is 33.9 Å². The van der Waals surface area contributed by atoms with E-state index in [1.807, 2.05) is 0 Å². The average Bonchev–Trinajstić information content (AvgIpc) is 2.35. The molecule has 0 aliphatic heterocycles. The number of amides is 1. The second-order valence-corrected chi connectivity index (χ2v) is 4.81. The lowest BCUT2D eigenvalue weighted by Crippen LogP contribution is -2.34. The molecule has 0 aliphatic rings. The van der Waals surface area contributed by atoms with Gasteiger partial charge in [-0.2, -0.15) is 0 Å². The van der Waals surface area contributed by atoms with Crippen LogP contribution in [0, 0.1) is 0 Å². The van der Waals surface area contributed by atoms with Crippen LogP contribution < -0.4 is 5.32 Å². The zero-order chi connectivity index (χ0) is 13.7. The largest absolute Gasteiger partial charge is 0.392 e. The minimum absolute atomic E-state index is 0.0268. The zero-order valence-corrected chi connectivity index (χ0v) is 11.5. The minimum Gasteiger partial charge on any atom is -0.392 e. The standard InChI is InChI=1S/C12H16BrNO4/c1-7(16)14-5-11(17)12(18)8-2-3-10(13)9(4-8)6-15/h2-4,11-12,15,17-18H,5-6H2,1H3,(H,14,16). The van der Waals surface area contributed by atoms with Crippen LogP contribution in [0.15, 0.2) is 22.7 Å². The van der Waals surface area contributed by atoms with Gasteiger partial charge in [0.15, 0.2) is 0 Å². The molecule has 4 N–H and O–H groups in total. The van der Waals surface area contributed by atoms with Crippen molar-refractivity contribution in [3.8, 4) is 0 Å². The smallest absolute Gasteiger partial charge is 0.216 e. The van der Waals surface area contributed by atoms with E-state index < -0.39 is 12.2 Å². The fourth-order valence-electron chi connectivity index (χ4n) is 1.48. The van der Waals surface area contributed by atoms with Gasteiger partial charge in [0.2, 0.25) is 5.91 Å². The normalized spacial score (nSPS) is 14.1. The molecule has 0 bridgehead atoms. The van der Waals surface area contributed by atoms with Crippen molar-refractivity contribution in [3.05, 3.63) is 33.8 Å². The number of rotatable bonds is 5. The van der Waals surface area contributed by atoms with Crippen LogP contribution in [0.1, 0.15) is 24.2 Å². The van der Waals surface area contributed by atoms with Crippen LogP contribution in [-0.2, 0) is 11.4 Å². The molecule has 100 valence electrons. The SMILES string of the molecule is CC(=O)NCC(O)C(O)c1ccc(Br)c(CO)c1. The Morgan fingerprint density at radius 3 is 2.67 bits per heavy atom. The molecule has 2 atom stereocenters. The van der Waals surface area contributed by atoms with E-state index in [4.69, 9.17) is 5.11 Å². The highest BCUT2D eigenvalue weighted by Gasteiger charge is 2.19. The first-order valence-corrected chi connectivity index (χ1v) is 6.24. The molecule has 5 nitrogen and oxygen atoms in total. The maximum atomic E-state index is 10.7. The molecule has 0 saturated carbocycles. The van der Waals surface area contributed by atoms with E-state index in [1.165, 1.54) is 6.92 Å². The van der Waals surface area contributed by atoms with Gasteiger partial charge in [-0.15, -0.1) is 0 Å². The van der Waals surface area contributed by atoms with Gasteiger partial charge in [0, 0.05) is 17.9 Å². The number of halogens is 1. The maximum absolute atomic E-state index is 10.7. The molecule has 0 fully saturated rings. The molecule has 18 heavy (non-hydrogen) atoms. The van der Waals surface area contributed by atoms with Crippen molar-refractivity contribution < 1.29 is 20.1 Å². The Morgan fingerprint density at radius 1 is 1.44 bits per heavy atom. The predicted octanol–water partition coefficient (Wildman–Crippen LogP) is 0.472. The Kier molecular flexibility index (Phi) is 5.74. The Bertz CT molecular complexity index is 425. The summed E-state index contributed by atoms with van der Waals surface area (Å²) in [6, 6.07) is 4.94. The van der Waals surface area contributed by atoms with Crippen molar-refractivity contribution in [2.24, 2.45) is 0 Å². The predicted molar refractivity (Wildman–Crippen MR) is 69.7 cm³/mol. The van der Waals surface area contributed by atoms with Crippen molar-refractivity contribution in [1.29, 1.82) is 0 Å². The summed E-state index contributed by atoms with van der Waals surface area (Å²) in [5, 5.41) is 31.2. The summed E-state index contributed by atoms with van der Waals surface area (Å²) in [7, 11) is 0. The minimum atomic E-state index is -1.12. The van der Waals surface area contributed by atoms with E-state index in [9.17, 15) is 15.0 Å². The van der Waals surface area contributed by atoms with Gasteiger partial charge < -0.3 is 20.6 Å². The lowest BCUT2D eigenvalue weighted by Gasteiger charge is -2.19. The van der Waals surface area contributed by atoms with E-state index in [2.05, 4.69) is 21.2 Å². The topological polar surface area (TPSA) is 89.8 Å². The van der Waals surface area contributed by atoms with Gasteiger partial charge in [-0.1, -0.05) is 22.0 Å². The van der Waals surface area contributed by atoms with Crippen LogP contribution in [0.3, 0.4) is 0 Å². The Balaban J connectivity index is 2.76. The Hall–Kier alpha value is -0.950. The second-order valence-electron chi connectivity index (χ2n) is 3.96. The van der Waals surface area contributed by atoms with Crippen LogP contribution in [0.5, 0.6) is 0 Å². The molecule has 1 aromatic rings.